The number of alkyl halides is 3. The minimum atomic E-state index is -4.73. The predicted octanol–water partition coefficient (Wildman–Crippen LogP) is 2.89. The Morgan fingerprint density at radius 3 is 2.33 bits per heavy atom. The molecular weight excluding hydrogens is 247 g/mol. The number of amides is 1. The van der Waals surface area contributed by atoms with E-state index in [1.54, 1.807) is 6.92 Å². The molecule has 1 amide bonds. The third-order valence-electron chi connectivity index (χ3n) is 1.90. The summed E-state index contributed by atoms with van der Waals surface area (Å²) in [6, 6.07) is 4.69. The second kappa shape index (κ2) is 5.57. The molecule has 3 nitrogen and oxygen atoms in total. The lowest BCUT2D eigenvalue weighted by Gasteiger charge is -2.09. The summed E-state index contributed by atoms with van der Waals surface area (Å²) in [6.45, 7) is 5.69. The van der Waals surface area contributed by atoms with Crippen LogP contribution in [-0.2, 0) is 0 Å². The van der Waals surface area contributed by atoms with E-state index >= 15 is 0 Å². The number of ether oxygens (including phenoxy) is 1. The third-order valence-corrected chi connectivity index (χ3v) is 1.90. The van der Waals surface area contributed by atoms with Gasteiger partial charge in [-0.05, 0) is 31.2 Å². The van der Waals surface area contributed by atoms with Crippen molar-refractivity contribution in [2.75, 3.05) is 6.54 Å². The van der Waals surface area contributed by atoms with Crippen LogP contribution < -0.4 is 10.1 Å². The lowest BCUT2D eigenvalue weighted by molar-refractivity contribution is -0.274. The Balaban J connectivity index is 2.65. The molecule has 0 heterocycles. The topological polar surface area (TPSA) is 38.3 Å². The van der Waals surface area contributed by atoms with E-state index in [0.717, 1.165) is 17.7 Å². The Hall–Kier alpha value is -1.98. The standard InChI is InChI=1S/C12H12F3NO2/c1-8(2)7-16-11(17)9-3-5-10(6-4-9)18-12(13,14)15/h3-6H,1,7H2,2H3,(H,16,17). The van der Waals surface area contributed by atoms with Crippen LogP contribution >= 0.6 is 0 Å². The van der Waals surface area contributed by atoms with Crippen molar-refractivity contribution >= 4 is 5.91 Å². The van der Waals surface area contributed by atoms with Gasteiger partial charge in [0.2, 0.25) is 0 Å². The van der Waals surface area contributed by atoms with Crippen molar-refractivity contribution in [1.82, 2.24) is 5.32 Å². The first-order valence-corrected chi connectivity index (χ1v) is 5.06. The van der Waals surface area contributed by atoms with E-state index in [1.165, 1.54) is 12.1 Å². The SMILES string of the molecule is C=C(C)CNC(=O)c1ccc(OC(F)(F)F)cc1. The van der Waals surface area contributed by atoms with Gasteiger partial charge in [-0.25, -0.2) is 0 Å². The van der Waals surface area contributed by atoms with Gasteiger partial charge in [0.1, 0.15) is 5.75 Å². The van der Waals surface area contributed by atoms with E-state index < -0.39 is 6.36 Å². The molecule has 0 unspecified atom stereocenters. The lowest BCUT2D eigenvalue weighted by Crippen LogP contribution is -2.24. The van der Waals surface area contributed by atoms with Crippen molar-refractivity contribution in [2.45, 2.75) is 13.3 Å². The maximum absolute atomic E-state index is 11.9. The maximum atomic E-state index is 11.9. The Morgan fingerprint density at radius 1 is 1.33 bits per heavy atom. The van der Waals surface area contributed by atoms with Gasteiger partial charge in [0.15, 0.2) is 0 Å². The van der Waals surface area contributed by atoms with Gasteiger partial charge < -0.3 is 10.1 Å². The molecule has 0 aliphatic heterocycles. The fourth-order valence-corrected chi connectivity index (χ4v) is 1.14. The molecule has 1 aromatic rings. The van der Waals surface area contributed by atoms with Crippen molar-refractivity contribution in [2.24, 2.45) is 0 Å². The van der Waals surface area contributed by atoms with Crippen LogP contribution in [0, 0.1) is 0 Å². The molecule has 1 N–H and O–H groups in total. The summed E-state index contributed by atoms with van der Waals surface area (Å²) in [5.41, 5.74) is 1.03. The van der Waals surface area contributed by atoms with Gasteiger partial charge in [0, 0.05) is 12.1 Å². The average Bonchev–Trinajstić information content (AvgIpc) is 2.24. The van der Waals surface area contributed by atoms with Gasteiger partial charge in [-0.3, -0.25) is 4.79 Å². The Labute approximate surface area is 102 Å². The largest absolute Gasteiger partial charge is 0.573 e. The highest BCUT2D eigenvalue weighted by molar-refractivity contribution is 5.94. The number of carbonyl (C=O) groups is 1. The van der Waals surface area contributed by atoms with Gasteiger partial charge in [-0.1, -0.05) is 12.2 Å². The quantitative estimate of drug-likeness (QED) is 0.844. The monoisotopic (exact) mass is 259 g/mol. The Morgan fingerprint density at radius 2 is 1.89 bits per heavy atom. The summed E-state index contributed by atoms with van der Waals surface area (Å²) in [5, 5.41) is 2.56. The van der Waals surface area contributed by atoms with Crippen molar-refractivity contribution < 1.29 is 22.7 Å². The van der Waals surface area contributed by atoms with E-state index in [2.05, 4.69) is 16.6 Å². The molecule has 98 valence electrons. The van der Waals surface area contributed by atoms with Crippen LogP contribution in [-0.4, -0.2) is 18.8 Å². The average molecular weight is 259 g/mol. The van der Waals surface area contributed by atoms with Gasteiger partial charge in [-0.2, -0.15) is 0 Å². The van der Waals surface area contributed by atoms with Crippen LogP contribution in [0.2, 0.25) is 0 Å². The second-order valence-corrected chi connectivity index (χ2v) is 3.71. The minimum Gasteiger partial charge on any atom is -0.406 e. The van der Waals surface area contributed by atoms with E-state index in [1.807, 2.05) is 0 Å². The van der Waals surface area contributed by atoms with Gasteiger partial charge in [0.25, 0.3) is 5.91 Å². The highest BCUT2D eigenvalue weighted by atomic mass is 19.4. The normalized spacial score (nSPS) is 10.9. The van der Waals surface area contributed by atoms with Crippen LogP contribution in [0.1, 0.15) is 17.3 Å². The van der Waals surface area contributed by atoms with Crippen molar-refractivity contribution in [3.05, 3.63) is 42.0 Å². The van der Waals surface area contributed by atoms with Crippen molar-refractivity contribution in [3.63, 3.8) is 0 Å². The second-order valence-electron chi connectivity index (χ2n) is 3.71. The molecule has 0 atom stereocenters. The number of hydrogen-bond donors (Lipinski definition) is 1. The summed E-state index contributed by atoms with van der Waals surface area (Å²) >= 11 is 0. The molecule has 1 rings (SSSR count). The number of hydrogen-bond acceptors (Lipinski definition) is 2. The van der Waals surface area contributed by atoms with Crippen LogP contribution in [0.15, 0.2) is 36.4 Å². The van der Waals surface area contributed by atoms with Gasteiger partial charge >= 0.3 is 6.36 Å². The molecule has 0 spiro atoms. The summed E-state index contributed by atoms with van der Waals surface area (Å²) in [4.78, 5) is 11.5. The summed E-state index contributed by atoms with van der Waals surface area (Å²) < 4.78 is 39.4. The van der Waals surface area contributed by atoms with E-state index in [9.17, 15) is 18.0 Å². The fourth-order valence-electron chi connectivity index (χ4n) is 1.14. The molecule has 18 heavy (non-hydrogen) atoms. The number of benzene rings is 1. The van der Waals surface area contributed by atoms with Crippen LogP contribution in [0.4, 0.5) is 13.2 Å². The lowest BCUT2D eigenvalue weighted by atomic mass is 10.2. The molecule has 0 saturated carbocycles. The number of rotatable bonds is 4. The first kappa shape index (κ1) is 14.1. The smallest absolute Gasteiger partial charge is 0.406 e. The zero-order chi connectivity index (χ0) is 13.8. The molecule has 0 aromatic heterocycles. The molecule has 0 aliphatic carbocycles. The zero-order valence-electron chi connectivity index (χ0n) is 9.67. The van der Waals surface area contributed by atoms with Crippen LogP contribution in [0.25, 0.3) is 0 Å². The molecular formula is C12H12F3NO2. The number of halogens is 3. The van der Waals surface area contributed by atoms with E-state index in [-0.39, 0.29) is 17.2 Å². The zero-order valence-corrected chi connectivity index (χ0v) is 9.67. The predicted molar refractivity (Wildman–Crippen MR) is 60.3 cm³/mol. The van der Waals surface area contributed by atoms with Crippen molar-refractivity contribution in [3.8, 4) is 5.75 Å². The first-order chi connectivity index (χ1) is 8.28. The van der Waals surface area contributed by atoms with Crippen molar-refractivity contribution in [1.29, 1.82) is 0 Å². The van der Waals surface area contributed by atoms with E-state index in [4.69, 9.17) is 0 Å². The summed E-state index contributed by atoms with van der Waals surface area (Å²) in [5.74, 6) is -0.740. The summed E-state index contributed by atoms with van der Waals surface area (Å²) in [6.07, 6.45) is -4.73. The van der Waals surface area contributed by atoms with Gasteiger partial charge in [0.05, 0.1) is 0 Å². The maximum Gasteiger partial charge on any atom is 0.573 e. The minimum absolute atomic E-state index is 0.255. The van der Waals surface area contributed by atoms with E-state index in [0.29, 0.717) is 6.54 Å². The highest BCUT2D eigenvalue weighted by Crippen LogP contribution is 2.22. The Bertz CT molecular complexity index is 438. The highest BCUT2D eigenvalue weighted by Gasteiger charge is 2.31. The molecule has 0 aliphatic rings. The molecule has 6 heteroatoms. The first-order valence-electron chi connectivity index (χ1n) is 5.06. The molecule has 0 radical (unpaired) electrons. The Kier molecular flexibility index (Phi) is 4.36. The molecule has 0 fully saturated rings. The molecule has 0 bridgehead atoms. The number of nitrogens with one attached hydrogen (secondary N) is 1. The molecule has 0 saturated heterocycles. The van der Waals surface area contributed by atoms with Crippen LogP contribution in [0.5, 0.6) is 5.75 Å². The third kappa shape index (κ3) is 4.90. The molecule has 1 aromatic carbocycles. The summed E-state index contributed by atoms with van der Waals surface area (Å²) in [7, 11) is 0. The van der Waals surface area contributed by atoms with Crippen LogP contribution in [0.3, 0.4) is 0 Å². The number of carbonyl (C=O) groups excluding carboxylic acids is 1. The van der Waals surface area contributed by atoms with Gasteiger partial charge in [-0.15, -0.1) is 13.2 Å². The fraction of sp³-hybridized carbons (Fsp3) is 0.250.